The van der Waals surface area contributed by atoms with E-state index in [2.05, 4.69) is 0 Å². The summed E-state index contributed by atoms with van der Waals surface area (Å²) in [5.41, 5.74) is 7.81. The molecule has 4 heteroatoms. The second kappa shape index (κ2) is 6.90. The third-order valence-corrected chi connectivity index (χ3v) is 3.40. The predicted octanol–water partition coefficient (Wildman–Crippen LogP) is 2.35. The van der Waals surface area contributed by atoms with Crippen LogP contribution in [0, 0.1) is 0 Å². The lowest BCUT2D eigenvalue weighted by Gasteiger charge is -2.22. The number of hydrogen-bond acceptors (Lipinski definition) is 3. The monoisotopic (exact) mass is 284 g/mol. The summed E-state index contributed by atoms with van der Waals surface area (Å²) in [5.74, 6) is 0.650. The topological polar surface area (TPSA) is 55.6 Å². The standard InChI is InChI=1S/C17H20N2O2/c1-19(12-14-10-6-7-11-15(14)21-2)17(20)16(18)13-8-4-3-5-9-13/h3-11,16H,12,18H2,1-2H3/t16-/m0/s1. The molecule has 0 unspecified atom stereocenters. The van der Waals surface area contributed by atoms with Crippen LogP contribution in [0.5, 0.6) is 5.75 Å². The van der Waals surface area contributed by atoms with E-state index in [4.69, 9.17) is 10.5 Å². The van der Waals surface area contributed by atoms with E-state index in [1.807, 2.05) is 54.6 Å². The molecule has 0 radical (unpaired) electrons. The third kappa shape index (κ3) is 3.61. The first-order valence-electron chi connectivity index (χ1n) is 6.81. The van der Waals surface area contributed by atoms with Gasteiger partial charge in [0.05, 0.1) is 7.11 Å². The lowest BCUT2D eigenvalue weighted by Crippen LogP contribution is -2.35. The largest absolute Gasteiger partial charge is 0.496 e. The SMILES string of the molecule is COc1ccccc1CN(C)C(=O)[C@@H](N)c1ccccc1. The normalized spacial score (nSPS) is 11.8. The lowest BCUT2D eigenvalue weighted by molar-refractivity contribution is -0.132. The molecule has 2 aromatic carbocycles. The number of benzene rings is 2. The van der Waals surface area contributed by atoms with Gasteiger partial charge in [0, 0.05) is 19.2 Å². The fraction of sp³-hybridized carbons (Fsp3) is 0.235. The van der Waals surface area contributed by atoms with E-state index in [0.29, 0.717) is 6.54 Å². The number of likely N-dealkylation sites (N-methyl/N-ethyl adjacent to an activating group) is 1. The van der Waals surface area contributed by atoms with Crippen LogP contribution in [0.1, 0.15) is 17.2 Å². The van der Waals surface area contributed by atoms with Crippen molar-refractivity contribution in [3.05, 3.63) is 65.7 Å². The highest BCUT2D eigenvalue weighted by Gasteiger charge is 2.20. The van der Waals surface area contributed by atoms with Crippen LogP contribution in [-0.2, 0) is 11.3 Å². The van der Waals surface area contributed by atoms with E-state index in [1.165, 1.54) is 0 Å². The van der Waals surface area contributed by atoms with Crippen LogP contribution in [-0.4, -0.2) is 25.0 Å². The summed E-state index contributed by atoms with van der Waals surface area (Å²) in [4.78, 5) is 14.0. The maximum atomic E-state index is 12.4. The van der Waals surface area contributed by atoms with Crippen molar-refractivity contribution in [1.82, 2.24) is 4.90 Å². The molecular weight excluding hydrogens is 264 g/mol. The van der Waals surface area contributed by atoms with Crippen molar-refractivity contribution in [1.29, 1.82) is 0 Å². The Labute approximate surface area is 125 Å². The first kappa shape index (κ1) is 15.1. The van der Waals surface area contributed by atoms with Crippen LogP contribution >= 0.6 is 0 Å². The fourth-order valence-corrected chi connectivity index (χ4v) is 2.21. The van der Waals surface area contributed by atoms with Gasteiger partial charge in [0.15, 0.2) is 0 Å². The second-order valence-corrected chi connectivity index (χ2v) is 4.89. The Morgan fingerprint density at radius 1 is 1.14 bits per heavy atom. The number of nitrogens with two attached hydrogens (primary N) is 1. The summed E-state index contributed by atoms with van der Waals surface area (Å²) >= 11 is 0. The van der Waals surface area contributed by atoms with Gasteiger partial charge in [-0.3, -0.25) is 4.79 Å². The molecule has 0 spiro atoms. The number of hydrogen-bond donors (Lipinski definition) is 1. The number of methoxy groups -OCH3 is 1. The van der Waals surface area contributed by atoms with Crippen molar-refractivity contribution in [2.75, 3.05) is 14.2 Å². The Kier molecular flexibility index (Phi) is 4.95. The zero-order valence-corrected chi connectivity index (χ0v) is 12.3. The van der Waals surface area contributed by atoms with Gasteiger partial charge in [-0.05, 0) is 11.6 Å². The van der Waals surface area contributed by atoms with Crippen molar-refractivity contribution >= 4 is 5.91 Å². The van der Waals surface area contributed by atoms with Gasteiger partial charge >= 0.3 is 0 Å². The molecule has 21 heavy (non-hydrogen) atoms. The molecule has 0 saturated carbocycles. The second-order valence-electron chi connectivity index (χ2n) is 4.89. The number of carbonyl (C=O) groups excluding carboxylic acids is 1. The van der Waals surface area contributed by atoms with Gasteiger partial charge < -0.3 is 15.4 Å². The molecule has 0 saturated heterocycles. The van der Waals surface area contributed by atoms with Gasteiger partial charge in [-0.25, -0.2) is 0 Å². The van der Waals surface area contributed by atoms with Crippen molar-refractivity contribution in [2.24, 2.45) is 5.73 Å². The summed E-state index contributed by atoms with van der Waals surface area (Å²) in [5, 5.41) is 0. The maximum Gasteiger partial charge on any atom is 0.244 e. The first-order valence-corrected chi connectivity index (χ1v) is 6.81. The number of nitrogens with zero attached hydrogens (tertiary/aromatic N) is 1. The summed E-state index contributed by atoms with van der Waals surface area (Å²) in [6.45, 7) is 0.462. The van der Waals surface area contributed by atoms with Gasteiger partial charge in [0.1, 0.15) is 11.8 Å². The van der Waals surface area contributed by atoms with Gasteiger partial charge in [0.2, 0.25) is 5.91 Å². The highest BCUT2D eigenvalue weighted by atomic mass is 16.5. The molecule has 1 atom stereocenters. The minimum Gasteiger partial charge on any atom is -0.496 e. The molecule has 0 aliphatic rings. The van der Waals surface area contributed by atoms with E-state index in [-0.39, 0.29) is 5.91 Å². The number of ether oxygens (including phenoxy) is 1. The number of carbonyl (C=O) groups is 1. The number of amides is 1. The zero-order chi connectivity index (χ0) is 15.2. The Morgan fingerprint density at radius 2 is 1.76 bits per heavy atom. The minimum atomic E-state index is -0.647. The van der Waals surface area contributed by atoms with Crippen LogP contribution in [0.3, 0.4) is 0 Å². The molecule has 0 bridgehead atoms. The molecule has 0 aromatic heterocycles. The van der Waals surface area contributed by atoms with Crippen LogP contribution in [0.15, 0.2) is 54.6 Å². The van der Waals surface area contributed by atoms with Crippen molar-refractivity contribution in [2.45, 2.75) is 12.6 Å². The van der Waals surface area contributed by atoms with Gasteiger partial charge in [-0.2, -0.15) is 0 Å². The summed E-state index contributed by atoms with van der Waals surface area (Å²) in [7, 11) is 3.37. The highest BCUT2D eigenvalue weighted by molar-refractivity contribution is 5.82. The first-order chi connectivity index (χ1) is 10.1. The van der Waals surface area contributed by atoms with Gasteiger partial charge in [-0.1, -0.05) is 48.5 Å². The summed E-state index contributed by atoms with van der Waals surface area (Å²) in [6.07, 6.45) is 0. The van der Waals surface area contributed by atoms with E-state index in [9.17, 15) is 4.79 Å². The summed E-state index contributed by atoms with van der Waals surface area (Å²) < 4.78 is 5.30. The van der Waals surface area contributed by atoms with Crippen molar-refractivity contribution in [3.63, 3.8) is 0 Å². The average molecular weight is 284 g/mol. The molecule has 1 amide bonds. The number of para-hydroxylation sites is 1. The Morgan fingerprint density at radius 3 is 2.43 bits per heavy atom. The zero-order valence-electron chi connectivity index (χ0n) is 12.3. The Bertz CT molecular complexity index is 599. The summed E-state index contributed by atoms with van der Waals surface area (Å²) in [6, 6.07) is 16.4. The minimum absolute atomic E-state index is 0.118. The molecule has 2 rings (SSSR count). The average Bonchev–Trinajstić information content (AvgIpc) is 2.54. The molecule has 0 fully saturated rings. The predicted molar refractivity (Wildman–Crippen MR) is 82.8 cm³/mol. The van der Waals surface area contributed by atoms with Crippen LogP contribution < -0.4 is 10.5 Å². The van der Waals surface area contributed by atoms with Gasteiger partial charge in [0.25, 0.3) is 0 Å². The van der Waals surface area contributed by atoms with E-state index < -0.39 is 6.04 Å². The van der Waals surface area contributed by atoms with E-state index in [0.717, 1.165) is 16.9 Å². The number of rotatable bonds is 5. The van der Waals surface area contributed by atoms with Crippen molar-refractivity contribution in [3.8, 4) is 5.75 Å². The Balaban J connectivity index is 2.09. The van der Waals surface area contributed by atoms with Gasteiger partial charge in [-0.15, -0.1) is 0 Å². The molecule has 0 aliphatic carbocycles. The Hall–Kier alpha value is -2.33. The van der Waals surface area contributed by atoms with E-state index >= 15 is 0 Å². The van der Waals surface area contributed by atoms with Crippen molar-refractivity contribution < 1.29 is 9.53 Å². The van der Waals surface area contributed by atoms with E-state index in [1.54, 1.807) is 19.1 Å². The lowest BCUT2D eigenvalue weighted by atomic mass is 10.1. The molecule has 0 heterocycles. The molecule has 2 aromatic rings. The molecule has 4 nitrogen and oxygen atoms in total. The smallest absolute Gasteiger partial charge is 0.244 e. The molecule has 110 valence electrons. The molecule has 2 N–H and O–H groups in total. The van der Waals surface area contributed by atoms with Crippen LogP contribution in [0.25, 0.3) is 0 Å². The molecular formula is C17H20N2O2. The quantitative estimate of drug-likeness (QED) is 0.917. The van der Waals surface area contributed by atoms with Crippen LogP contribution in [0.4, 0.5) is 0 Å². The van der Waals surface area contributed by atoms with Crippen LogP contribution in [0.2, 0.25) is 0 Å². The molecule has 0 aliphatic heterocycles. The maximum absolute atomic E-state index is 12.4. The highest BCUT2D eigenvalue weighted by Crippen LogP contribution is 2.20. The third-order valence-electron chi connectivity index (χ3n) is 3.40. The fourth-order valence-electron chi connectivity index (χ4n) is 2.21.